The van der Waals surface area contributed by atoms with Gasteiger partial charge in [-0.25, -0.2) is 27.5 Å². The van der Waals surface area contributed by atoms with Gasteiger partial charge in [-0.3, -0.25) is 0 Å². The average molecular weight is 295 g/mol. The first-order chi connectivity index (χ1) is 9.26. The number of sulfonamides is 1. The maximum atomic E-state index is 13.3. The molecule has 0 aliphatic rings. The fraction of sp³-hybridized carbons (Fsp3) is 0.231. The molecule has 0 amide bonds. The van der Waals surface area contributed by atoms with Gasteiger partial charge in [0.15, 0.2) is 0 Å². The first-order valence-corrected chi connectivity index (χ1v) is 7.37. The number of rotatable bonds is 3. The lowest BCUT2D eigenvalue weighted by atomic mass is 10.2. The number of nitrogens with zero attached hydrogens (tertiary/aromatic N) is 2. The van der Waals surface area contributed by atoms with E-state index in [1.165, 1.54) is 12.1 Å². The molecule has 0 atom stereocenters. The van der Waals surface area contributed by atoms with Gasteiger partial charge in [0.1, 0.15) is 5.82 Å². The molecule has 0 aliphatic heterocycles. The Labute approximate surface area is 116 Å². The molecule has 0 saturated heterocycles. The molecule has 0 unspecified atom stereocenters. The van der Waals surface area contributed by atoms with E-state index in [1.807, 2.05) is 0 Å². The second-order valence-corrected chi connectivity index (χ2v) is 6.23. The van der Waals surface area contributed by atoms with Crippen LogP contribution in [0.15, 0.2) is 29.2 Å². The van der Waals surface area contributed by atoms with E-state index in [1.54, 1.807) is 26.8 Å². The van der Waals surface area contributed by atoms with E-state index in [4.69, 9.17) is 0 Å². The summed E-state index contributed by atoms with van der Waals surface area (Å²) < 4.78 is 39.9. The number of aromatic nitrogens is 2. The van der Waals surface area contributed by atoms with Crippen LogP contribution in [0.5, 0.6) is 0 Å². The zero-order valence-electron chi connectivity index (χ0n) is 11.3. The van der Waals surface area contributed by atoms with Gasteiger partial charge in [-0.05, 0) is 50.6 Å². The first-order valence-electron chi connectivity index (χ1n) is 5.88. The van der Waals surface area contributed by atoms with Crippen LogP contribution in [0, 0.1) is 26.6 Å². The van der Waals surface area contributed by atoms with Crippen LogP contribution in [-0.2, 0) is 10.0 Å². The van der Waals surface area contributed by atoms with Crippen molar-refractivity contribution in [3.8, 4) is 0 Å². The number of anilines is 1. The Morgan fingerprint density at radius 1 is 1.00 bits per heavy atom. The van der Waals surface area contributed by atoms with E-state index < -0.39 is 15.8 Å². The highest BCUT2D eigenvalue weighted by atomic mass is 32.2. The first kappa shape index (κ1) is 14.4. The van der Waals surface area contributed by atoms with Crippen molar-refractivity contribution in [3.63, 3.8) is 0 Å². The lowest BCUT2D eigenvalue weighted by Gasteiger charge is -2.08. The SMILES string of the molecule is Cc1cc(F)cc(S(=O)(=O)Nc2nc(C)cc(C)n2)c1. The van der Waals surface area contributed by atoms with Crippen LogP contribution in [0.3, 0.4) is 0 Å². The third kappa shape index (κ3) is 3.30. The van der Waals surface area contributed by atoms with E-state index in [9.17, 15) is 12.8 Å². The minimum Gasteiger partial charge on any atom is -0.247 e. The smallest absolute Gasteiger partial charge is 0.247 e. The van der Waals surface area contributed by atoms with Gasteiger partial charge in [0.05, 0.1) is 4.90 Å². The second-order valence-electron chi connectivity index (χ2n) is 4.54. The molecule has 2 aromatic rings. The lowest BCUT2D eigenvalue weighted by Crippen LogP contribution is -2.16. The standard InChI is InChI=1S/C13H14FN3O2S/c1-8-4-11(14)7-12(5-8)20(18,19)17-13-15-9(2)6-10(3)16-13/h4-7H,1-3H3,(H,15,16,17). The molecule has 2 rings (SSSR count). The molecule has 5 nitrogen and oxygen atoms in total. The van der Waals surface area contributed by atoms with Crippen molar-refractivity contribution in [1.29, 1.82) is 0 Å². The monoisotopic (exact) mass is 295 g/mol. The summed E-state index contributed by atoms with van der Waals surface area (Å²) >= 11 is 0. The van der Waals surface area contributed by atoms with Gasteiger partial charge >= 0.3 is 0 Å². The molecule has 0 bridgehead atoms. The molecule has 1 N–H and O–H groups in total. The summed E-state index contributed by atoms with van der Waals surface area (Å²) in [7, 11) is -3.91. The molecule has 0 fully saturated rings. The maximum absolute atomic E-state index is 13.3. The molecule has 0 spiro atoms. The van der Waals surface area contributed by atoms with Crippen LogP contribution in [0.2, 0.25) is 0 Å². The fourth-order valence-electron chi connectivity index (χ4n) is 1.81. The van der Waals surface area contributed by atoms with Crippen molar-refractivity contribution < 1.29 is 12.8 Å². The van der Waals surface area contributed by atoms with Gasteiger partial charge in [-0.2, -0.15) is 0 Å². The Balaban J connectivity index is 2.40. The third-order valence-corrected chi connectivity index (χ3v) is 3.84. The molecular weight excluding hydrogens is 281 g/mol. The zero-order valence-corrected chi connectivity index (χ0v) is 12.1. The number of benzene rings is 1. The van der Waals surface area contributed by atoms with Crippen molar-refractivity contribution in [1.82, 2.24) is 9.97 Å². The number of aryl methyl sites for hydroxylation is 3. The predicted octanol–water partition coefficient (Wildman–Crippen LogP) is 2.34. The zero-order chi connectivity index (χ0) is 14.9. The molecule has 1 aromatic carbocycles. The Kier molecular flexibility index (Phi) is 3.71. The van der Waals surface area contributed by atoms with Crippen LogP contribution < -0.4 is 4.72 Å². The van der Waals surface area contributed by atoms with Crippen LogP contribution in [0.25, 0.3) is 0 Å². The normalized spacial score (nSPS) is 11.4. The molecular formula is C13H14FN3O2S. The summed E-state index contributed by atoms with van der Waals surface area (Å²) in [5.74, 6) is -0.629. The highest BCUT2D eigenvalue weighted by Gasteiger charge is 2.17. The van der Waals surface area contributed by atoms with Crippen molar-refractivity contribution in [3.05, 3.63) is 47.0 Å². The molecule has 0 saturated carbocycles. The molecule has 106 valence electrons. The van der Waals surface area contributed by atoms with Crippen LogP contribution in [0.1, 0.15) is 17.0 Å². The largest absolute Gasteiger partial charge is 0.264 e. The quantitative estimate of drug-likeness (QED) is 0.943. The van der Waals surface area contributed by atoms with Crippen molar-refractivity contribution in [2.45, 2.75) is 25.7 Å². The number of nitrogens with one attached hydrogen (secondary N) is 1. The van der Waals surface area contributed by atoms with Gasteiger partial charge in [0.25, 0.3) is 10.0 Å². The molecule has 7 heteroatoms. The summed E-state index contributed by atoms with van der Waals surface area (Å²) in [6, 6.07) is 5.32. The van der Waals surface area contributed by atoms with Gasteiger partial charge in [0.2, 0.25) is 5.95 Å². The van der Waals surface area contributed by atoms with Gasteiger partial charge in [-0.15, -0.1) is 0 Å². The molecule has 1 heterocycles. The van der Waals surface area contributed by atoms with E-state index in [0.717, 1.165) is 6.07 Å². The van der Waals surface area contributed by atoms with Crippen LogP contribution in [-0.4, -0.2) is 18.4 Å². The molecule has 0 aliphatic carbocycles. The van der Waals surface area contributed by atoms with Gasteiger partial charge < -0.3 is 0 Å². The number of halogens is 1. The Hall–Kier alpha value is -2.02. The predicted molar refractivity (Wildman–Crippen MR) is 73.5 cm³/mol. The topological polar surface area (TPSA) is 72.0 Å². The van der Waals surface area contributed by atoms with Gasteiger partial charge in [0, 0.05) is 11.4 Å². The molecule has 0 radical (unpaired) electrons. The fourth-order valence-corrected chi connectivity index (χ4v) is 2.87. The van der Waals surface area contributed by atoms with E-state index in [0.29, 0.717) is 17.0 Å². The Morgan fingerprint density at radius 3 is 2.15 bits per heavy atom. The summed E-state index contributed by atoms with van der Waals surface area (Å²) in [5.41, 5.74) is 1.81. The highest BCUT2D eigenvalue weighted by molar-refractivity contribution is 7.92. The average Bonchev–Trinajstić information content (AvgIpc) is 2.25. The second kappa shape index (κ2) is 5.16. The molecule has 1 aromatic heterocycles. The minimum atomic E-state index is -3.91. The summed E-state index contributed by atoms with van der Waals surface area (Å²) in [5, 5.41) is 0. The molecule has 20 heavy (non-hydrogen) atoms. The van der Waals surface area contributed by atoms with E-state index >= 15 is 0 Å². The maximum Gasteiger partial charge on any atom is 0.264 e. The van der Waals surface area contributed by atoms with Crippen molar-refractivity contribution in [2.75, 3.05) is 4.72 Å². The third-order valence-electron chi connectivity index (χ3n) is 2.53. The van der Waals surface area contributed by atoms with Gasteiger partial charge in [-0.1, -0.05) is 0 Å². The van der Waals surface area contributed by atoms with Crippen molar-refractivity contribution in [2.24, 2.45) is 0 Å². The lowest BCUT2D eigenvalue weighted by molar-refractivity contribution is 0.594. The highest BCUT2D eigenvalue weighted by Crippen LogP contribution is 2.17. The Morgan fingerprint density at radius 2 is 1.60 bits per heavy atom. The Bertz CT molecular complexity index is 720. The van der Waals surface area contributed by atoms with Crippen molar-refractivity contribution >= 4 is 16.0 Å². The number of hydrogen-bond acceptors (Lipinski definition) is 4. The van der Waals surface area contributed by atoms with Crippen LogP contribution >= 0.6 is 0 Å². The minimum absolute atomic E-state index is 0.0237. The summed E-state index contributed by atoms with van der Waals surface area (Å²) in [6.45, 7) is 5.09. The van der Waals surface area contributed by atoms with E-state index in [-0.39, 0.29) is 10.8 Å². The summed E-state index contributed by atoms with van der Waals surface area (Å²) in [4.78, 5) is 7.83. The summed E-state index contributed by atoms with van der Waals surface area (Å²) in [6.07, 6.45) is 0. The van der Waals surface area contributed by atoms with E-state index in [2.05, 4.69) is 14.7 Å². The number of hydrogen-bond donors (Lipinski definition) is 1. The van der Waals surface area contributed by atoms with Crippen LogP contribution in [0.4, 0.5) is 10.3 Å².